The number of rotatable bonds is 0. The van der Waals surface area contributed by atoms with E-state index < -0.39 is 0 Å². The van der Waals surface area contributed by atoms with Gasteiger partial charge in [0.1, 0.15) is 0 Å². The summed E-state index contributed by atoms with van der Waals surface area (Å²) in [5.41, 5.74) is 7.70. The molecule has 1 aliphatic rings. The lowest BCUT2D eigenvalue weighted by Gasteiger charge is -1.54. The van der Waals surface area contributed by atoms with Crippen molar-refractivity contribution in [1.82, 2.24) is 0 Å². The minimum absolute atomic E-state index is 1.08. The van der Waals surface area contributed by atoms with Gasteiger partial charge in [0.2, 0.25) is 0 Å². The SMILES string of the molecule is CC1=C(N)C1. The maximum Gasteiger partial charge on any atom is 0.0115 e. The van der Waals surface area contributed by atoms with Crippen LogP contribution in [0.25, 0.3) is 0 Å². The fraction of sp³-hybridized carbons (Fsp3) is 0.500. The van der Waals surface area contributed by atoms with Crippen LogP contribution < -0.4 is 5.73 Å². The third-order valence-corrected chi connectivity index (χ3v) is 0.879. The third kappa shape index (κ3) is 0.274. The summed E-state index contributed by atoms with van der Waals surface area (Å²) in [4.78, 5) is 0. The molecule has 0 bridgehead atoms. The number of hydrogen-bond acceptors (Lipinski definition) is 1. The predicted octanol–water partition coefficient (Wildman–Crippen LogP) is 0.623. The van der Waals surface area contributed by atoms with Crippen LogP contribution in [0.5, 0.6) is 0 Å². The first kappa shape index (κ1) is 2.76. The van der Waals surface area contributed by atoms with Gasteiger partial charge in [0.15, 0.2) is 0 Å². The van der Waals surface area contributed by atoms with E-state index in [1.807, 2.05) is 0 Å². The van der Waals surface area contributed by atoms with E-state index in [1.165, 1.54) is 5.57 Å². The van der Waals surface area contributed by atoms with Crippen molar-refractivity contribution in [2.45, 2.75) is 13.3 Å². The molecule has 2 N–H and O–H groups in total. The van der Waals surface area contributed by atoms with Crippen LogP contribution in [0, 0.1) is 0 Å². The Morgan fingerprint density at radius 3 is 2.00 bits per heavy atom. The zero-order valence-corrected chi connectivity index (χ0v) is 3.28. The smallest absolute Gasteiger partial charge is 0.0115 e. The van der Waals surface area contributed by atoms with Crippen molar-refractivity contribution in [2.75, 3.05) is 0 Å². The van der Waals surface area contributed by atoms with E-state index in [1.54, 1.807) is 0 Å². The Balaban J connectivity index is 2.59. The molecule has 0 atom stereocenters. The first-order chi connectivity index (χ1) is 2.30. The second-order valence-corrected chi connectivity index (χ2v) is 1.48. The molecule has 0 radical (unpaired) electrons. The Morgan fingerprint density at radius 2 is 2.00 bits per heavy atom. The van der Waals surface area contributed by atoms with E-state index in [0.29, 0.717) is 0 Å². The number of allylic oxidation sites excluding steroid dienone is 2. The highest BCUT2D eigenvalue weighted by Gasteiger charge is 2.09. The highest BCUT2D eigenvalue weighted by molar-refractivity contribution is 5.29. The zero-order valence-electron chi connectivity index (χ0n) is 3.28. The number of hydrogen-bond donors (Lipinski definition) is 1. The van der Waals surface area contributed by atoms with Gasteiger partial charge in [-0.2, -0.15) is 0 Å². The lowest BCUT2D eigenvalue weighted by atomic mass is 10.6. The standard InChI is InChI=1S/C4H7N/c1-3-2-4(3)5/h2,5H2,1H3. The molecular weight excluding hydrogens is 62.1 g/mol. The van der Waals surface area contributed by atoms with Crippen LogP contribution in [-0.4, -0.2) is 0 Å². The summed E-state index contributed by atoms with van der Waals surface area (Å²) < 4.78 is 0. The van der Waals surface area contributed by atoms with E-state index >= 15 is 0 Å². The van der Waals surface area contributed by atoms with Crippen molar-refractivity contribution in [3.8, 4) is 0 Å². The molecule has 0 unspecified atom stereocenters. The molecule has 0 aromatic heterocycles. The summed E-state index contributed by atoms with van der Waals surface area (Å²) >= 11 is 0. The normalized spacial score (nSPS) is 20.2. The molecule has 0 amide bonds. The van der Waals surface area contributed by atoms with Gasteiger partial charge in [0.25, 0.3) is 0 Å². The molecule has 1 rings (SSSR count). The van der Waals surface area contributed by atoms with E-state index in [0.717, 1.165) is 12.1 Å². The lowest BCUT2D eigenvalue weighted by Crippen LogP contribution is -1.76. The van der Waals surface area contributed by atoms with Crippen molar-refractivity contribution in [1.29, 1.82) is 0 Å². The fourth-order valence-electron chi connectivity index (χ4n) is 0.241. The monoisotopic (exact) mass is 69.1 g/mol. The van der Waals surface area contributed by atoms with E-state index in [-0.39, 0.29) is 0 Å². The summed E-state index contributed by atoms with van der Waals surface area (Å²) in [5.74, 6) is 0. The first-order valence-corrected chi connectivity index (χ1v) is 1.75. The van der Waals surface area contributed by atoms with Crippen molar-refractivity contribution in [3.63, 3.8) is 0 Å². The molecule has 0 aromatic carbocycles. The average Bonchev–Trinajstić information content (AvgIpc) is 1.79. The Hall–Kier alpha value is -0.460. The molecule has 28 valence electrons. The van der Waals surface area contributed by atoms with Gasteiger partial charge in [-0.15, -0.1) is 0 Å². The highest BCUT2D eigenvalue weighted by atomic mass is 14.6. The lowest BCUT2D eigenvalue weighted by molar-refractivity contribution is 1.38. The molecular formula is C4H7N. The van der Waals surface area contributed by atoms with Crippen LogP contribution in [0.2, 0.25) is 0 Å². The van der Waals surface area contributed by atoms with Crippen LogP contribution in [-0.2, 0) is 0 Å². The molecule has 1 aliphatic carbocycles. The molecule has 0 aliphatic heterocycles. The minimum Gasteiger partial charge on any atom is -0.402 e. The van der Waals surface area contributed by atoms with Crippen molar-refractivity contribution in [2.24, 2.45) is 5.73 Å². The third-order valence-electron chi connectivity index (χ3n) is 0.879. The summed E-state index contributed by atoms with van der Waals surface area (Å²) in [5, 5.41) is 0. The Kier molecular flexibility index (Phi) is 0.295. The summed E-state index contributed by atoms with van der Waals surface area (Å²) in [6.45, 7) is 2.05. The van der Waals surface area contributed by atoms with Crippen molar-refractivity contribution >= 4 is 0 Å². The second kappa shape index (κ2) is 0.534. The molecule has 5 heavy (non-hydrogen) atoms. The highest BCUT2D eigenvalue weighted by Crippen LogP contribution is 2.22. The fourth-order valence-corrected chi connectivity index (χ4v) is 0.241. The van der Waals surface area contributed by atoms with Gasteiger partial charge in [-0.05, 0) is 12.5 Å². The zero-order chi connectivity index (χ0) is 3.86. The molecule has 1 nitrogen and oxygen atoms in total. The van der Waals surface area contributed by atoms with Crippen LogP contribution in [0.15, 0.2) is 11.3 Å². The summed E-state index contributed by atoms with van der Waals surface area (Å²) in [6.07, 6.45) is 1.08. The van der Waals surface area contributed by atoms with E-state index in [9.17, 15) is 0 Å². The second-order valence-electron chi connectivity index (χ2n) is 1.48. The summed E-state index contributed by atoms with van der Waals surface area (Å²) in [7, 11) is 0. The van der Waals surface area contributed by atoms with Crippen LogP contribution in [0.1, 0.15) is 13.3 Å². The topological polar surface area (TPSA) is 26.0 Å². The van der Waals surface area contributed by atoms with Gasteiger partial charge in [-0.25, -0.2) is 0 Å². The molecule has 0 aromatic rings. The van der Waals surface area contributed by atoms with Gasteiger partial charge >= 0.3 is 0 Å². The van der Waals surface area contributed by atoms with E-state index in [2.05, 4.69) is 6.92 Å². The maximum absolute atomic E-state index is 5.25. The minimum atomic E-state index is 1.08. The van der Waals surface area contributed by atoms with Crippen molar-refractivity contribution < 1.29 is 0 Å². The van der Waals surface area contributed by atoms with Crippen molar-refractivity contribution in [3.05, 3.63) is 11.3 Å². The average molecular weight is 69.1 g/mol. The Labute approximate surface area is 31.5 Å². The van der Waals surface area contributed by atoms with Gasteiger partial charge in [0, 0.05) is 12.1 Å². The van der Waals surface area contributed by atoms with Gasteiger partial charge in [-0.3, -0.25) is 0 Å². The maximum atomic E-state index is 5.25. The van der Waals surface area contributed by atoms with Gasteiger partial charge in [-0.1, -0.05) is 0 Å². The molecule has 0 saturated carbocycles. The largest absolute Gasteiger partial charge is 0.402 e. The quantitative estimate of drug-likeness (QED) is 0.443. The van der Waals surface area contributed by atoms with Crippen LogP contribution >= 0.6 is 0 Å². The van der Waals surface area contributed by atoms with E-state index in [4.69, 9.17) is 5.73 Å². The first-order valence-electron chi connectivity index (χ1n) is 1.75. The predicted molar refractivity (Wildman–Crippen MR) is 21.5 cm³/mol. The van der Waals surface area contributed by atoms with Gasteiger partial charge < -0.3 is 5.73 Å². The van der Waals surface area contributed by atoms with Crippen LogP contribution in [0.3, 0.4) is 0 Å². The Morgan fingerprint density at radius 1 is 1.80 bits per heavy atom. The molecule has 0 heterocycles. The molecule has 1 heteroatoms. The number of nitrogens with two attached hydrogens (primary N) is 1. The molecule has 0 spiro atoms. The van der Waals surface area contributed by atoms with Gasteiger partial charge in [0.05, 0.1) is 0 Å². The molecule has 0 fully saturated rings. The molecule has 0 saturated heterocycles. The summed E-state index contributed by atoms with van der Waals surface area (Å²) in [6, 6.07) is 0. The van der Waals surface area contributed by atoms with Crippen LogP contribution in [0.4, 0.5) is 0 Å². The Bertz CT molecular complexity index is 71.6.